The molecule has 1 saturated carbocycles. The summed E-state index contributed by atoms with van der Waals surface area (Å²) in [5, 5.41) is 4.60. The molecule has 3 heteroatoms. The lowest BCUT2D eigenvalue weighted by atomic mass is 9.75. The quantitative estimate of drug-likeness (QED) is 0.881. The molecule has 1 aliphatic carbocycles. The molecule has 0 heterocycles. The molecule has 1 aliphatic rings. The van der Waals surface area contributed by atoms with Crippen LogP contribution in [0.1, 0.15) is 31.2 Å². The molecule has 1 unspecified atom stereocenters. The molecule has 1 fully saturated rings. The second-order valence-electron chi connectivity index (χ2n) is 5.72. The van der Waals surface area contributed by atoms with Gasteiger partial charge in [-0.25, -0.2) is 0 Å². The van der Waals surface area contributed by atoms with Crippen molar-refractivity contribution in [2.75, 3.05) is 20.6 Å². The minimum absolute atomic E-state index is 0.553. The molecule has 1 N–H and O–H groups in total. The van der Waals surface area contributed by atoms with E-state index >= 15 is 0 Å². The number of nitrogens with zero attached hydrogens (tertiary/aromatic N) is 1. The number of halogens is 1. The Morgan fingerprint density at radius 3 is 2.61 bits per heavy atom. The highest BCUT2D eigenvalue weighted by Gasteiger charge is 2.31. The first-order valence-corrected chi connectivity index (χ1v) is 7.09. The average Bonchev–Trinajstić information content (AvgIpc) is 2.23. The maximum absolute atomic E-state index is 6.23. The summed E-state index contributed by atoms with van der Waals surface area (Å²) in [5.41, 5.74) is 1.32. The molecular formula is C15H23ClN2. The lowest BCUT2D eigenvalue weighted by Crippen LogP contribution is -2.47. The van der Waals surface area contributed by atoms with Crippen LogP contribution >= 0.6 is 11.6 Å². The van der Waals surface area contributed by atoms with Crippen LogP contribution < -0.4 is 5.32 Å². The van der Waals surface area contributed by atoms with Crippen LogP contribution in [0.2, 0.25) is 5.02 Å². The van der Waals surface area contributed by atoms with E-state index < -0.39 is 0 Å². The Labute approximate surface area is 115 Å². The summed E-state index contributed by atoms with van der Waals surface area (Å²) in [6.45, 7) is 3.34. The minimum Gasteiger partial charge on any atom is -0.310 e. The van der Waals surface area contributed by atoms with Crippen molar-refractivity contribution < 1.29 is 0 Å². The molecule has 0 aromatic heterocycles. The highest BCUT2D eigenvalue weighted by atomic mass is 35.5. The first kappa shape index (κ1) is 13.9. The number of likely N-dealkylation sites (N-methyl/N-ethyl adjacent to an activating group) is 1. The van der Waals surface area contributed by atoms with Crippen molar-refractivity contribution in [3.05, 3.63) is 34.9 Å². The van der Waals surface area contributed by atoms with Gasteiger partial charge in [-0.1, -0.05) is 29.8 Å². The fraction of sp³-hybridized carbons (Fsp3) is 0.600. The molecule has 0 saturated heterocycles. The van der Waals surface area contributed by atoms with Crippen LogP contribution in [-0.4, -0.2) is 37.6 Å². The third-order valence-electron chi connectivity index (χ3n) is 3.64. The molecule has 0 radical (unpaired) electrons. The van der Waals surface area contributed by atoms with E-state index in [2.05, 4.69) is 43.4 Å². The topological polar surface area (TPSA) is 15.3 Å². The highest BCUT2D eigenvalue weighted by Crippen LogP contribution is 2.39. The zero-order valence-corrected chi connectivity index (χ0v) is 12.2. The Bertz CT molecular complexity index is 386. The van der Waals surface area contributed by atoms with E-state index in [9.17, 15) is 0 Å². The van der Waals surface area contributed by atoms with Crippen LogP contribution in [0.4, 0.5) is 0 Å². The van der Waals surface area contributed by atoms with Gasteiger partial charge < -0.3 is 10.2 Å². The SMILES string of the molecule is CC(CN(C)C)NC1CC(c2ccccc2Cl)C1. The fourth-order valence-corrected chi connectivity index (χ4v) is 3.11. The third-order valence-corrected chi connectivity index (χ3v) is 3.99. The molecule has 1 aromatic carbocycles. The largest absolute Gasteiger partial charge is 0.310 e. The smallest absolute Gasteiger partial charge is 0.0440 e. The molecular weight excluding hydrogens is 244 g/mol. The van der Waals surface area contributed by atoms with Gasteiger partial charge in [0.15, 0.2) is 0 Å². The third kappa shape index (κ3) is 3.47. The van der Waals surface area contributed by atoms with Crippen molar-refractivity contribution in [3.8, 4) is 0 Å². The molecule has 2 nitrogen and oxygen atoms in total. The van der Waals surface area contributed by atoms with E-state index in [1.54, 1.807) is 0 Å². The van der Waals surface area contributed by atoms with Crippen LogP contribution in [0.25, 0.3) is 0 Å². The Kier molecular flexibility index (Phi) is 4.66. The number of rotatable bonds is 5. The minimum atomic E-state index is 0.553. The molecule has 0 aliphatic heterocycles. The Hall–Kier alpha value is -0.570. The van der Waals surface area contributed by atoms with Gasteiger partial charge in [0.25, 0.3) is 0 Å². The highest BCUT2D eigenvalue weighted by molar-refractivity contribution is 6.31. The number of benzene rings is 1. The maximum Gasteiger partial charge on any atom is 0.0440 e. The standard InChI is InChI=1S/C15H23ClN2/c1-11(10-18(2)3)17-13-8-12(9-13)14-6-4-5-7-15(14)16/h4-7,11-13,17H,8-10H2,1-3H3. The molecule has 100 valence electrons. The molecule has 1 atom stereocenters. The summed E-state index contributed by atoms with van der Waals surface area (Å²) >= 11 is 6.23. The van der Waals surface area contributed by atoms with Crippen LogP contribution in [0.5, 0.6) is 0 Å². The lowest BCUT2D eigenvalue weighted by molar-refractivity contribution is 0.245. The van der Waals surface area contributed by atoms with E-state index in [1.165, 1.54) is 18.4 Å². The molecule has 1 aromatic rings. The number of nitrogens with one attached hydrogen (secondary N) is 1. The molecule has 0 bridgehead atoms. The van der Waals surface area contributed by atoms with Crippen molar-refractivity contribution in [3.63, 3.8) is 0 Å². The van der Waals surface area contributed by atoms with Gasteiger partial charge >= 0.3 is 0 Å². The van der Waals surface area contributed by atoms with E-state index in [1.807, 2.05) is 12.1 Å². The Morgan fingerprint density at radius 2 is 2.00 bits per heavy atom. The van der Waals surface area contributed by atoms with Crippen molar-refractivity contribution in [2.45, 2.75) is 37.8 Å². The fourth-order valence-electron chi connectivity index (χ4n) is 2.82. The van der Waals surface area contributed by atoms with Gasteiger partial charge in [0.2, 0.25) is 0 Å². The Morgan fingerprint density at radius 1 is 1.33 bits per heavy atom. The van der Waals surface area contributed by atoms with E-state index in [0.29, 0.717) is 18.0 Å². The molecule has 0 amide bonds. The zero-order chi connectivity index (χ0) is 13.1. The summed E-state index contributed by atoms with van der Waals surface area (Å²) in [4.78, 5) is 2.22. The maximum atomic E-state index is 6.23. The van der Waals surface area contributed by atoms with Gasteiger partial charge in [-0.2, -0.15) is 0 Å². The second-order valence-corrected chi connectivity index (χ2v) is 6.12. The summed E-state index contributed by atoms with van der Waals surface area (Å²) in [6, 6.07) is 9.44. The van der Waals surface area contributed by atoms with Crippen LogP contribution in [0.3, 0.4) is 0 Å². The van der Waals surface area contributed by atoms with E-state index in [0.717, 1.165) is 11.6 Å². The predicted octanol–water partition coefficient (Wildman–Crippen LogP) is 3.13. The first-order valence-electron chi connectivity index (χ1n) is 6.71. The van der Waals surface area contributed by atoms with E-state index in [-0.39, 0.29) is 0 Å². The Balaban J connectivity index is 1.79. The van der Waals surface area contributed by atoms with Crippen LogP contribution in [0, 0.1) is 0 Å². The molecule has 18 heavy (non-hydrogen) atoms. The van der Waals surface area contributed by atoms with Gasteiger partial charge in [0, 0.05) is 23.7 Å². The summed E-state index contributed by atoms with van der Waals surface area (Å²) in [7, 11) is 4.23. The number of hydrogen-bond acceptors (Lipinski definition) is 2. The summed E-state index contributed by atoms with van der Waals surface area (Å²) in [5.74, 6) is 0.641. The van der Waals surface area contributed by atoms with Gasteiger partial charge in [-0.3, -0.25) is 0 Å². The van der Waals surface area contributed by atoms with Crippen molar-refractivity contribution in [1.82, 2.24) is 10.2 Å². The zero-order valence-electron chi connectivity index (χ0n) is 11.5. The molecule has 0 spiro atoms. The van der Waals surface area contributed by atoms with E-state index in [4.69, 9.17) is 11.6 Å². The van der Waals surface area contributed by atoms with Crippen molar-refractivity contribution in [2.24, 2.45) is 0 Å². The van der Waals surface area contributed by atoms with Gasteiger partial charge in [-0.15, -0.1) is 0 Å². The normalized spacial score (nSPS) is 24.9. The monoisotopic (exact) mass is 266 g/mol. The lowest BCUT2D eigenvalue weighted by Gasteiger charge is -2.39. The van der Waals surface area contributed by atoms with Gasteiger partial charge in [0.05, 0.1) is 0 Å². The summed E-state index contributed by atoms with van der Waals surface area (Å²) < 4.78 is 0. The first-order chi connectivity index (χ1) is 8.56. The van der Waals surface area contributed by atoms with Crippen molar-refractivity contribution >= 4 is 11.6 Å². The summed E-state index contributed by atoms with van der Waals surface area (Å²) in [6.07, 6.45) is 2.42. The second kappa shape index (κ2) is 6.05. The van der Waals surface area contributed by atoms with Gasteiger partial charge in [0.1, 0.15) is 0 Å². The van der Waals surface area contributed by atoms with Crippen LogP contribution in [0.15, 0.2) is 24.3 Å². The predicted molar refractivity (Wildman–Crippen MR) is 78.4 cm³/mol. The van der Waals surface area contributed by atoms with Crippen LogP contribution in [-0.2, 0) is 0 Å². The average molecular weight is 267 g/mol. The molecule has 2 rings (SSSR count). The van der Waals surface area contributed by atoms with Gasteiger partial charge in [-0.05, 0) is 51.4 Å². The van der Waals surface area contributed by atoms with Crippen molar-refractivity contribution in [1.29, 1.82) is 0 Å². The number of hydrogen-bond donors (Lipinski definition) is 1.